The van der Waals surface area contributed by atoms with E-state index in [4.69, 9.17) is 0 Å². The van der Waals surface area contributed by atoms with Crippen LogP contribution in [0.1, 0.15) is 24.8 Å². The van der Waals surface area contributed by atoms with Crippen molar-refractivity contribution in [3.8, 4) is 0 Å². The van der Waals surface area contributed by atoms with Gasteiger partial charge in [0.2, 0.25) is 5.91 Å². The zero-order valence-electron chi connectivity index (χ0n) is 11.8. The summed E-state index contributed by atoms with van der Waals surface area (Å²) in [6.45, 7) is 2.44. The Bertz CT molecular complexity index is 550. The lowest BCUT2D eigenvalue weighted by molar-refractivity contribution is -0.384. The minimum absolute atomic E-state index is 0.0703. The third kappa shape index (κ3) is 2.90. The number of carbonyl (C=O) groups is 1. The molecule has 1 saturated heterocycles. The zero-order chi connectivity index (χ0) is 14.9. The number of amides is 1. The maximum atomic E-state index is 12.2. The second-order valence-electron chi connectivity index (χ2n) is 6.01. The first-order chi connectivity index (χ1) is 10.1. The van der Waals surface area contributed by atoms with Gasteiger partial charge in [-0.15, -0.1) is 0 Å². The summed E-state index contributed by atoms with van der Waals surface area (Å²) >= 11 is 0. The quantitative estimate of drug-likeness (QED) is 0.651. The van der Waals surface area contributed by atoms with Crippen molar-refractivity contribution in [3.63, 3.8) is 0 Å². The first kappa shape index (κ1) is 14.0. The Labute approximate surface area is 123 Å². The molecule has 2 aliphatic rings. The fourth-order valence-corrected chi connectivity index (χ4v) is 3.24. The van der Waals surface area contributed by atoms with E-state index in [1.54, 1.807) is 12.1 Å². The highest BCUT2D eigenvalue weighted by atomic mass is 16.6. The number of nitro benzene ring substituents is 1. The SMILES string of the molecule is O=C(NCc1ccc([N+](=O)[O-])cc1)C1CC12CCNCC2. The molecule has 2 N–H and O–H groups in total. The van der Waals surface area contributed by atoms with E-state index in [1.165, 1.54) is 12.1 Å². The van der Waals surface area contributed by atoms with Gasteiger partial charge >= 0.3 is 0 Å². The highest BCUT2D eigenvalue weighted by Gasteiger charge is 2.57. The van der Waals surface area contributed by atoms with Crippen LogP contribution in [0.25, 0.3) is 0 Å². The smallest absolute Gasteiger partial charge is 0.269 e. The number of benzene rings is 1. The van der Waals surface area contributed by atoms with Crippen LogP contribution in [-0.2, 0) is 11.3 Å². The van der Waals surface area contributed by atoms with Crippen LogP contribution in [0.3, 0.4) is 0 Å². The van der Waals surface area contributed by atoms with Crippen molar-refractivity contribution in [2.75, 3.05) is 13.1 Å². The van der Waals surface area contributed by atoms with Crippen LogP contribution in [0.2, 0.25) is 0 Å². The van der Waals surface area contributed by atoms with Crippen molar-refractivity contribution in [2.24, 2.45) is 11.3 Å². The van der Waals surface area contributed by atoms with Gasteiger partial charge in [-0.2, -0.15) is 0 Å². The first-order valence-electron chi connectivity index (χ1n) is 7.32. The molecular weight excluding hydrogens is 270 g/mol. The molecule has 1 aliphatic heterocycles. The fraction of sp³-hybridized carbons (Fsp3) is 0.533. The molecule has 2 fully saturated rings. The van der Waals surface area contributed by atoms with E-state index in [2.05, 4.69) is 10.6 Å². The monoisotopic (exact) mass is 289 g/mol. The molecule has 1 aliphatic carbocycles. The van der Waals surface area contributed by atoms with Crippen molar-refractivity contribution < 1.29 is 9.72 Å². The van der Waals surface area contributed by atoms with Crippen LogP contribution in [0.15, 0.2) is 24.3 Å². The number of nitrogens with zero attached hydrogens (tertiary/aromatic N) is 1. The van der Waals surface area contributed by atoms with E-state index in [1.807, 2.05) is 0 Å². The molecule has 1 unspecified atom stereocenters. The highest BCUT2D eigenvalue weighted by Crippen LogP contribution is 2.58. The van der Waals surface area contributed by atoms with Gasteiger partial charge in [0.05, 0.1) is 4.92 Å². The van der Waals surface area contributed by atoms with E-state index >= 15 is 0 Å². The lowest BCUT2D eigenvalue weighted by atomic mass is 9.92. The Morgan fingerprint density at radius 1 is 1.33 bits per heavy atom. The number of piperidine rings is 1. The maximum absolute atomic E-state index is 12.2. The largest absolute Gasteiger partial charge is 0.352 e. The summed E-state index contributed by atoms with van der Waals surface area (Å²) in [6.07, 6.45) is 3.17. The van der Waals surface area contributed by atoms with Gasteiger partial charge in [-0.3, -0.25) is 14.9 Å². The number of rotatable bonds is 4. The zero-order valence-corrected chi connectivity index (χ0v) is 11.8. The maximum Gasteiger partial charge on any atom is 0.269 e. The van der Waals surface area contributed by atoms with Gasteiger partial charge in [-0.1, -0.05) is 12.1 Å². The average molecular weight is 289 g/mol. The Kier molecular flexibility index (Phi) is 3.63. The molecule has 1 saturated carbocycles. The number of carbonyl (C=O) groups excluding carboxylic acids is 1. The van der Waals surface area contributed by atoms with E-state index in [9.17, 15) is 14.9 Å². The first-order valence-corrected chi connectivity index (χ1v) is 7.32. The normalized spacial score (nSPS) is 22.8. The Balaban J connectivity index is 1.51. The predicted octanol–water partition coefficient (Wildman–Crippen LogP) is 1.60. The molecule has 1 aromatic rings. The fourth-order valence-electron chi connectivity index (χ4n) is 3.24. The van der Waals surface area contributed by atoms with E-state index in [-0.39, 0.29) is 22.9 Å². The Hall–Kier alpha value is -1.95. The molecule has 3 rings (SSSR count). The van der Waals surface area contributed by atoms with E-state index in [0.717, 1.165) is 37.9 Å². The number of non-ortho nitro benzene ring substituents is 1. The molecule has 1 spiro atoms. The minimum Gasteiger partial charge on any atom is -0.352 e. The molecular formula is C15H19N3O3. The number of hydrogen-bond acceptors (Lipinski definition) is 4. The number of hydrogen-bond donors (Lipinski definition) is 2. The van der Waals surface area contributed by atoms with Gasteiger partial charge in [0.15, 0.2) is 0 Å². The molecule has 1 heterocycles. The van der Waals surface area contributed by atoms with Gasteiger partial charge in [-0.05, 0) is 43.3 Å². The molecule has 6 heteroatoms. The van der Waals surface area contributed by atoms with Crippen molar-refractivity contribution in [1.82, 2.24) is 10.6 Å². The highest BCUT2D eigenvalue weighted by molar-refractivity contribution is 5.82. The van der Waals surface area contributed by atoms with Crippen molar-refractivity contribution in [3.05, 3.63) is 39.9 Å². The summed E-state index contributed by atoms with van der Waals surface area (Å²) in [5, 5.41) is 16.9. The van der Waals surface area contributed by atoms with Crippen molar-refractivity contribution in [2.45, 2.75) is 25.8 Å². The summed E-state index contributed by atoms with van der Waals surface area (Å²) in [6, 6.07) is 6.30. The summed E-state index contributed by atoms with van der Waals surface area (Å²) in [7, 11) is 0. The lowest BCUT2D eigenvalue weighted by Crippen LogP contribution is -2.33. The lowest BCUT2D eigenvalue weighted by Gasteiger charge is -2.23. The van der Waals surface area contributed by atoms with Crippen LogP contribution < -0.4 is 10.6 Å². The predicted molar refractivity (Wildman–Crippen MR) is 77.6 cm³/mol. The van der Waals surface area contributed by atoms with Gasteiger partial charge in [0.1, 0.15) is 0 Å². The van der Waals surface area contributed by atoms with E-state index < -0.39 is 4.92 Å². The summed E-state index contributed by atoms with van der Waals surface area (Å²) < 4.78 is 0. The van der Waals surface area contributed by atoms with Gasteiger partial charge in [0, 0.05) is 24.6 Å². The van der Waals surface area contributed by atoms with Gasteiger partial charge in [0.25, 0.3) is 5.69 Å². The molecule has 6 nitrogen and oxygen atoms in total. The Morgan fingerprint density at radius 2 is 2.00 bits per heavy atom. The van der Waals surface area contributed by atoms with Crippen LogP contribution in [0, 0.1) is 21.4 Å². The van der Waals surface area contributed by atoms with Crippen LogP contribution in [0.5, 0.6) is 0 Å². The minimum atomic E-state index is -0.423. The Morgan fingerprint density at radius 3 is 2.62 bits per heavy atom. The van der Waals surface area contributed by atoms with Gasteiger partial charge in [-0.25, -0.2) is 0 Å². The average Bonchev–Trinajstić information content (AvgIpc) is 3.19. The summed E-state index contributed by atoms with van der Waals surface area (Å²) in [4.78, 5) is 22.3. The molecule has 0 bridgehead atoms. The van der Waals surface area contributed by atoms with Gasteiger partial charge < -0.3 is 10.6 Å². The van der Waals surface area contributed by atoms with Crippen LogP contribution in [0.4, 0.5) is 5.69 Å². The van der Waals surface area contributed by atoms with Crippen molar-refractivity contribution >= 4 is 11.6 Å². The van der Waals surface area contributed by atoms with Crippen molar-refractivity contribution in [1.29, 1.82) is 0 Å². The molecule has 21 heavy (non-hydrogen) atoms. The summed E-state index contributed by atoms with van der Waals surface area (Å²) in [5.74, 6) is 0.271. The van der Waals surface area contributed by atoms with E-state index in [0.29, 0.717) is 6.54 Å². The molecule has 0 aromatic heterocycles. The summed E-state index contributed by atoms with van der Waals surface area (Å²) in [5.41, 5.74) is 1.19. The third-order valence-electron chi connectivity index (χ3n) is 4.72. The van der Waals surface area contributed by atoms with Crippen LogP contribution in [-0.4, -0.2) is 23.9 Å². The molecule has 0 radical (unpaired) electrons. The topological polar surface area (TPSA) is 84.3 Å². The molecule has 1 aromatic carbocycles. The van der Waals surface area contributed by atoms with Crippen LogP contribution >= 0.6 is 0 Å². The third-order valence-corrected chi connectivity index (χ3v) is 4.72. The molecule has 1 amide bonds. The molecule has 112 valence electrons. The second-order valence-corrected chi connectivity index (χ2v) is 6.01. The second kappa shape index (κ2) is 5.44. The number of nitro groups is 1. The molecule has 1 atom stereocenters. The number of nitrogens with one attached hydrogen (secondary N) is 2. The standard InChI is InChI=1S/C15H19N3O3/c19-14(13-9-15(13)5-7-16-8-6-15)17-10-11-1-3-12(4-2-11)18(20)21/h1-4,13,16H,5-10H2,(H,17,19).